The van der Waals surface area contributed by atoms with Crippen molar-refractivity contribution in [3.8, 4) is 0 Å². The molecule has 1 aromatic rings. The molecule has 1 fully saturated rings. The third-order valence-corrected chi connectivity index (χ3v) is 3.39. The Morgan fingerprint density at radius 3 is 2.45 bits per heavy atom. The number of anilines is 1. The van der Waals surface area contributed by atoms with Gasteiger partial charge in [0.15, 0.2) is 0 Å². The van der Waals surface area contributed by atoms with Gasteiger partial charge in [0.05, 0.1) is 13.2 Å². The largest absolute Gasteiger partial charge is 0.444 e. The molecule has 0 spiro atoms. The Labute approximate surface area is 132 Å². The normalized spacial score (nSPS) is 15.5. The second kappa shape index (κ2) is 7.49. The number of nitrogens with one attached hydrogen (secondary N) is 1. The molecule has 122 valence electrons. The summed E-state index contributed by atoms with van der Waals surface area (Å²) in [5, 5.41) is 2.78. The van der Waals surface area contributed by atoms with Crippen molar-refractivity contribution in [2.45, 2.75) is 32.8 Å². The number of rotatable bonds is 4. The van der Waals surface area contributed by atoms with E-state index in [2.05, 4.69) is 34.5 Å². The molecule has 0 unspecified atom stereocenters. The van der Waals surface area contributed by atoms with Gasteiger partial charge in [-0.3, -0.25) is 0 Å². The quantitative estimate of drug-likeness (QED) is 0.929. The number of nitrogens with zero attached hydrogens (tertiary/aromatic N) is 1. The van der Waals surface area contributed by atoms with E-state index in [-0.39, 0.29) is 6.09 Å². The Morgan fingerprint density at radius 2 is 1.86 bits per heavy atom. The van der Waals surface area contributed by atoms with E-state index in [4.69, 9.17) is 9.47 Å². The average Bonchev–Trinajstić information content (AvgIpc) is 2.47. The predicted molar refractivity (Wildman–Crippen MR) is 87.4 cm³/mol. The van der Waals surface area contributed by atoms with Gasteiger partial charge in [-0.05, 0) is 44.9 Å². The molecule has 1 amide bonds. The Hall–Kier alpha value is -1.75. The molecule has 22 heavy (non-hydrogen) atoms. The number of alkyl carbamates (subject to hydrolysis) is 1. The third kappa shape index (κ3) is 5.56. The number of benzene rings is 1. The van der Waals surface area contributed by atoms with Crippen molar-refractivity contribution in [2.24, 2.45) is 0 Å². The number of morpholine rings is 1. The fourth-order valence-electron chi connectivity index (χ4n) is 2.32. The van der Waals surface area contributed by atoms with E-state index in [1.165, 1.54) is 11.3 Å². The van der Waals surface area contributed by atoms with Gasteiger partial charge in [-0.2, -0.15) is 0 Å². The van der Waals surface area contributed by atoms with Crippen LogP contribution in [0, 0.1) is 0 Å². The Kier molecular flexibility index (Phi) is 5.66. The van der Waals surface area contributed by atoms with Crippen LogP contribution >= 0.6 is 0 Å². The molecule has 1 N–H and O–H groups in total. The lowest BCUT2D eigenvalue weighted by molar-refractivity contribution is 0.0528. The van der Waals surface area contributed by atoms with Gasteiger partial charge in [0, 0.05) is 25.3 Å². The van der Waals surface area contributed by atoms with Crippen LogP contribution in [0.4, 0.5) is 10.5 Å². The first-order chi connectivity index (χ1) is 10.4. The summed E-state index contributed by atoms with van der Waals surface area (Å²) in [6.45, 7) is 9.62. The maximum atomic E-state index is 11.6. The average molecular weight is 306 g/mol. The molecule has 0 aliphatic carbocycles. The van der Waals surface area contributed by atoms with Crippen LogP contribution in [-0.4, -0.2) is 44.5 Å². The number of carbonyl (C=O) groups excluding carboxylic acids is 1. The van der Waals surface area contributed by atoms with Crippen LogP contribution in [0.1, 0.15) is 26.3 Å². The van der Waals surface area contributed by atoms with Gasteiger partial charge in [-0.15, -0.1) is 0 Å². The predicted octanol–water partition coefficient (Wildman–Crippen LogP) is 2.59. The van der Waals surface area contributed by atoms with Crippen LogP contribution < -0.4 is 10.2 Å². The number of amides is 1. The lowest BCUT2D eigenvalue weighted by atomic mass is 10.1. The summed E-state index contributed by atoms with van der Waals surface area (Å²) in [5.74, 6) is 0. The van der Waals surface area contributed by atoms with Gasteiger partial charge in [0.2, 0.25) is 0 Å². The summed E-state index contributed by atoms with van der Waals surface area (Å²) < 4.78 is 10.6. The summed E-state index contributed by atoms with van der Waals surface area (Å²) in [4.78, 5) is 13.9. The van der Waals surface area contributed by atoms with Gasteiger partial charge in [-0.1, -0.05) is 12.1 Å². The summed E-state index contributed by atoms with van der Waals surface area (Å²) in [6, 6.07) is 8.49. The monoisotopic (exact) mass is 306 g/mol. The van der Waals surface area contributed by atoms with Crippen LogP contribution in [0.3, 0.4) is 0 Å². The molecule has 2 rings (SSSR count). The van der Waals surface area contributed by atoms with Crippen molar-refractivity contribution in [3.63, 3.8) is 0 Å². The van der Waals surface area contributed by atoms with E-state index in [0.29, 0.717) is 6.54 Å². The standard InChI is InChI=1S/C17H26N2O3/c1-17(2,3)22-16(20)18-9-8-14-4-6-15(7-5-14)19-10-12-21-13-11-19/h4-7H,8-13H2,1-3H3,(H,18,20). The van der Waals surface area contributed by atoms with Crippen LogP contribution in [0.15, 0.2) is 24.3 Å². The Balaban J connectivity index is 1.75. The van der Waals surface area contributed by atoms with Crippen molar-refractivity contribution < 1.29 is 14.3 Å². The molecule has 5 heteroatoms. The highest BCUT2D eigenvalue weighted by Gasteiger charge is 2.15. The summed E-state index contributed by atoms with van der Waals surface area (Å²) in [7, 11) is 0. The number of carbonyl (C=O) groups is 1. The lowest BCUT2D eigenvalue weighted by Crippen LogP contribution is -2.36. The summed E-state index contributed by atoms with van der Waals surface area (Å²) >= 11 is 0. The van der Waals surface area contributed by atoms with Crippen LogP contribution in [-0.2, 0) is 15.9 Å². The van der Waals surface area contributed by atoms with Crippen molar-refractivity contribution >= 4 is 11.8 Å². The van der Waals surface area contributed by atoms with Gasteiger partial charge < -0.3 is 19.7 Å². The summed E-state index contributed by atoms with van der Waals surface area (Å²) in [6.07, 6.45) is 0.431. The molecular formula is C17H26N2O3. The van der Waals surface area contributed by atoms with Gasteiger partial charge in [0.25, 0.3) is 0 Å². The molecule has 0 radical (unpaired) electrons. The SMILES string of the molecule is CC(C)(C)OC(=O)NCCc1ccc(N2CCOCC2)cc1. The molecular weight excluding hydrogens is 280 g/mol. The van der Waals surface area contributed by atoms with E-state index in [0.717, 1.165) is 32.7 Å². The zero-order valence-electron chi connectivity index (χ0n) is 13.7. The Morgan fingerprint density at radius 1 is 1.23 bits per heavy atom. The molecule has 1 heterocycles. The van der Waals surface area contributed by atoms with Gasteiger partial charge in [-0.25, -0.2) is 4.79 Å². The van der Waals surface area contributed by atoms with Crippen molar-refractivity contribution in [2.75, 3.05) is 37.7 Å². The van der Waals surface area contributed by atoms with E-state index in [1.54, 1.807) is 0 Å². The summed E-state index contributed by atoms with van der Waals surface area (Å²) in [5.41, 5.74) is 1.98. The molecule has 1 aromatic carbocycles. The van der Waals surface area contributed by atoms with Gasteiger partial charge >= 0.3 is 6.09 Å². The minimum atomic E-state index is -0.454. The molecule has 0 saturated carbocycles. The van der Waals surface area contributed by atoms with Crippen molar-refractivity contribution in [1.82, 2.24) is 5.32 Å². The maximum Gasteiger partial charge on any atom is 0.407 e. The molecule has 1 saturated heterocycles. The molecule has 0 aromatic heterocycles. The fraction of sp³-hybridized carbons (Fsp3) is 0.588. The number of hydrogen-bond acceptors (Lipinski definition) is 4. The fourth-order valence-corrected chi connectivity index (χ4v) is 2.32. The first kappa shape index (κ1) is 16.6. The minimum absolute atomic E-state index is 0.363. The van der Waals surface area contributed by atoms with E-state index in [1.807, 2.05) is 20.8 Å². The topological polar surface area (TPSA) is 50.8 Å². The van der Waals surface area contributed by atoms with Crippen molar-refractivity contribution in [1.29, 1.82) is 0 Å². The van der Waals surface area contributed by atoms with Crippen LogP contribution in [0.25, 0.3) is 0 Å². The van der Waals surface area contributed by atoms with Crippen LogP contribution in [0.5, 0.6) is 0 Å². The van der Waals surface area contributed by atoms with E-state index >= 15 is 0 Å². The maximum absolute atomic E-state index is 11.6. The van der Waals surface area contributed by atoms with E-state index in [9.17, 15) is 4.79 Å². The van der Waals surface area contributed by atoms with Crippen molar-refractivity contribution in [3.05, 3.63) is 29.8 Å². The highest BCUT2D eigenvalue weighted by molar-refractivity contribution is 5.67. The van der Waals surface area contributed by atoms with E-state index < -0.39 is 5.60 Å². The second-order valence-electron chi connectivity index (χ2n) is 6.44. The molecule has 1 aliphatic rings. The minimum Gasteiger partial charge on any atom is -0.444 e. The molecule has 5 nitrogen and oxygen atoms in total. The highest BCUT2D eigenvalue weighted by atomic mass is 16.6. The zero-order chi connectivity index (χ0) is 16.0. The van der Waals surface area contributed by atoms with Crippen LogP contribution in [0.2, 0.25) is 0 Å². The molecule has 0 bridgehead atoms. The third-order valence-electron chi connectivity index (χ3n) is 3.39. The van der Waals surface area contributed by atoms with Gasteiger partial charge in [0.1, 0.15) is 5.60 Å². The molecule has 0 atom stereocenters. The number of ether oxygens (including phenoxy) is 2. The highest BCUT2D eigenvalue weighted by Crippen LogP contribution is 2.16. The second-order valence-corrected chi connectivity index (χ2v) is 6.44. The molecule has 1 aliphatic heterocycles. The number of hydrogen-bond donors (Lipinski definition) is 1. The first-order valence-electron chi connectivity index (χ1n) is 7.82. The lowest BCUT2D eigenvalue weighted by Gasteiger charge is -2.28. The zero-order valence-corrected chi connectivity index (χ0v) is 13.7. The Bertz CT molecular complexity index is 474. The smallest absolute Gasteiger partial charge is 0.407 e. The first-order valence-corrected chi connectivity index (χ1v) is 7.82.